The Labute approximate surface area is 122 Å². The van der Waals surface area contributed by atoms with E-state index >= 15 is 0 Å². The molecule has 2 heterocycles. The fourth-order valence-electron chi connectivity index (χ4n) is 2.65. The summed E-state index contributed by atoms with van der Waals surface area (Å²) in [6.07, 6.45) is 2.05. The molecule has 0 aliphatic carbocycles. The van der Waals surface area contributed by atoms with E-state index in [4.69, 9.17) is 14.3 Å². The molecule has 1 aromatic heterocycles. The highest BCUT2D eigenvalue weighted by Crippen LogP contribution is 2.24. The van der Waals surface area contributed by atoms with E-state index in [0.29, 0.717) is 23.0 Å². The number of ether oxygens (including phenoxy) is 1. The number of aromatic nitrogens is 1. The van der Waals surface area contributed by atoms with Crippen molar-refractivity contribution in [1.29, 1.82) is 0 Å². The lowest BCUT2D eigenvalue weighted by molar-refractivity contribution is 0.0620. The van der Waals surface area contributed by atoms with Crippen LogP contribution in [0.25, 0.3) is 11.1 Å². The number of carbonyl (C=O) groups is 1. The number of nitrogens with one attached hydrogen (secondary N) is 1. The molecule has 1 aliphatic heterocycles. The van der Waals surface area contributed by atoms with Crippen LogP contribution in [-0.4, -0.2) is 35.3 Å². The van der Waals surface area contributed by atoms with Crippen LogP contribution in [0.15, 0.2) is 22.6 Å². The lowest BCUT2D eigenvalue weighted by atomic mass is 9.93. The summed E-state index contributed by atoms with van der Waals surface area (Å²) in [6.45, 7) is 3.70. The maximum absolute atomic E-state index is 10.9. The van der Waals surface area contributed by atoms with Crippen molar-refractivity contribution in [3.63, 3.8) is 0 Å². The Balaban J connectivity index is 1.76. The summed E-state index contributed by atoms with van der Waals surface area (Å²) in [7, 11) is 0. The van der Waals surface area contributed by atoms with Gasteiger partial charge in [-0.25, -0.2) is 4.79 Å². The maximum Gasteiger partial charge on any atom is 0.335 e. The van der Waals surface area contributed by atoms with Crippen LogP contribution in [0.5, 0.6) is 0 Å². The molecule has 21 heavy (non-hydrogen) atoms. The van der Waals surface area contributed by atoms with Crippen molar-refractivity contribution in [2.75, 3.05) is 18.5 Å². The molecule has 112 valence electrons. The largest absolute Gasteiger partial charge is 0.478 e. The summed E-state index contributed by atoms with van der Waals surface area (Å²) in [5, 5.41) is 12.2. The SMILES string of the molecule is CC(Nc1nc2ccc(C(=O)O)cc2o1)C1CCOCC1. The molecule has 1 saturated heterocycles. The second-order valence-electron chi connectivity index (χ2n) is 5.39. The van der Waals surface area contributed by atoms with Gasteiger partial charge in [0.2, 0.25) is 0 Å². The van der Waals surface area contributed by atoms with Crippen LogP contribution in [0.4, 0.5) is 6.01 Å². The zero-order valence-corrected chi connectivity index (χ0v) is 11.8. The van der Waals surface area contributed by atoms with Crippen LogP contribution in [0.2, 0.25) is 0 Å². The Hall–Kier alpha value is -2.08. The molecular formula is C15H18N2O4. The lowest BCUT2D eigenvalue weighted by Gasteiger charge is -2.27. The van der Waals surface area contributed by atoms with E-state index in [1.807, 2.05) is 0 Å². The predicted molar refractivity (Wildman–Crippen MR) is 77.6 cm³/mol. The van der Waals surface area contributed by atoms with Crippen LogP contribution in [0.1, 0.15) is 30.1 Å². The molecule has 1 aliphatic rings. The first-order valence-corrected chi connectivity index (χ1v) is 7.11. The van der Waals surface area contributed by atoms with Gasteiger partial charge in [-0.2, -0.15) is 4.98 Å². The number of anilines is 1. The smallest absolute Gasteiger partial charge is 0.335 e. The zero-order chi connectivity index (χ0) is 14.8. The van der Waals surface area contributed by atoms with Crippen molar-refractivity contribution in [3.8, 4) is 0 Å². The normalized spacial score (nSPS) is 17.8. The topological polar surface area (TPSA) is 84.6 Å². The molecule has 0 spiro atoms. The fourth-order valence-corrected chi connectivity index (χ4v) is 2.65. The van der Waals surface area contributed by atoms with E-state index in [0.717, 1.165) is 26.1 Å². The average molecular weight is 290 g/mol. The summed E-state index contributed by atoms with van der Waals surface area (Å²) in [5.74, 6) is -0.443. The molecule has 1 fully saturated rings. The van der Waals surface area contributed by atoms with Gasteiger partial charge in [0.25, 0.3) is 6.01 Å². The van der Waals surface area contributed by atoms with Crippen molar-refractivity contribution in [2.24, 2.45) is 5.92 Å². The molecule has 6 heteroatoms. The quantitative estimate of drug-likeness (QED) is 0.900. The first-order valence-electron chi connectivity index (χ1n) is 7.11. The first kappa shape index (κ1) is 13.9. The Kier molecular flexibility index (Phi) is 3.79. The maximum atomic E-state index is 10.9. The third-order valence-corrected chi connectivity index (χ3v) is 3.96. The summed E-state index contributed by atoms with van der Waals surface area (Å²) >= 11 is 0. The van der Waals surface area contributed by atoms with Crippen molar-refractivity contribution in [2.45, 2.75) is 25.8 Å². The number of fused-ring (bicyclic) bond motifs is 1. The molecule has 0 saturated carbocycles. The van der Waals surface area contributed by atoms with E-state index in [-0.39, 0.29) is 11.6 Å². The second kappa shape index (κ2) is 5.73. The average Bonchev–Trinajstić information content (AvgIpc) is 2.89. The van der Waals surface area contributed by atoms with Gasteiger partial charge in [0.1, 0.15) is 5.52 Å². The van der Waals surface area contributed by atoms with Crippen LogP contribution in [0.3, 0.4) is 0 Å². The number of aromatic carboxylic acids is 1. The van der Waals surface area contributed by atoms with Gasteiger partial charge in [0, 0.05) is 19.3 Å². The van der Waals surface area contributed by atoms with Crippen LogP contribution >= 0.6 is 0 Å². The number of nitrogens with zero attached hydrogens (tertiary/aromatic N) is 1. The highest BCUT2D eigenvalue weighted by molar-refractivity contribution is 5.92. The van der Waals surface area contributed by atoms with Gasteiger partial charge in [-0.15, -0.1) is 0 Å². The number of oxazole rings is 1. The van der Waals surface area contributed by atoms with Gasteiger partial charge >= 0.3 is 5.97 Å². The fraction of sp³-hybridized carbons (Fsp3) is 0.467. The Morgan fingerprint density at radius 2 is 2.19 bits per heavy atom. The summed E-state index contributed by atoms with van der Waals surface area (Å²) < 4.78 is 11.0. The molecule has 0 radical (unpaired) electrons. The highest BCUT2D eigenvalue weighted by Gasteiger charge is 2.21. The van der Waals surface area contributed by atoms with Gasteiger partial charge < -0.3 is 19.6 Å². The lowest BCUT2D eigenvalue weighted by Crippen LogP contribution is -2.31. The van der Waals surface area contributed by atoms with Crippen LogP contribution < -0.4 is 5.32 Å². The molecular weight excluding hydrogens is 272 g/mol. The summed E-state index contributed by atoms with van der Waals surface area (Å²) in [5.41, 5.74) is 1.33. The molecule has 1 atom stereocenters. The minimum atomic E-state index is -0.974. The van der Waals surface area contributed by atoms with Gasteiger partial charge in [0.05, 0.1) is 5.56 Å². The summed E-state index contributed by atoms with van der Waals surface area (Å²) in [4.78, 5) is 15.3. The standard InChI is InChI=1S/C15H18N2O4/c1-9(10-4-6-20-7-5-10)16-15-17-12-3-2-11(14(18)19)8-13(12)21-15/h2-3,8-10H,4-7H2,1H3,(H,16,17)(H,18,19). The van der Waals surface area contributed by atoms with E-state index in [9.17, 15) is 4.79 Å². The van der Waals surface area contributed by atoms with Crippen molar-refractivity contribution >= 4 is 23.1 Å². The third-order valence-electron chi connectivity index (χ3n) is 3.96. The van der Waals surface area contributed by atoms with Gasteiger partial charge in [0.15, 0.2) is 5.58 Å². The van der Waals surface area contributed by atoms with Crippen molar-refractivity contribution in [1.82, 2.24) is 4.98 Å². The molecule has 1 unspecified atom stereocenters. The molecule has 0 amide bonds. The highest BCUT2D eigenvalue weighted by atomic mass is 16.5. The van der Waals surface area contributed by atoms with Crippen molar-refractivity contribution < 1.29 is 19.1 Å². The number of benzene rings is 1. The van der Waals surface area contributed by atoms with Crippen LogP contribution in [-0.2, 0) is 4.74 Å². The second-order valence-corrected chi connectivity index (χ2v) is 5.39. The first-order chi connectivity index (χ1) is 10.1. The van der Waals surface area contributed by atoms with E-state index in [1.54, 1.807) is 6.07 Å². The Bertz CT molecular complexity index is 646. The van der Waals surface area contributed by atoms with Gasteiger partial charge in [-0.3, -0.25) is 0 Å². The number of hydrogen-bond acceptors (Lipinski definition) is 5. The van der Waals surface area contributed by atoms with E-state index < -0.39 is 5.97 Å². The number of hydrogen-bond donors (Lipinski definition) is 2. The molecule has 0 bridgehead atoms. The number of carboxylic acids is 1. The predicted octanol–water partition coefficient (Wildman–Crippen LogP) is 2.75. The molecule has 3 rings (SSSR count). The monoisotopic (exact) mass is 290 g/mol. The van der Waals surface area contributed by atoms with E-state index in [2.05, 4.69) is 17.2 Å². The van der Waals surface area contributed by atoms with Crippen molar-refractivity contribution in [3.05, 3.63) is 23.8 Å². The number of carboxylic acid groups (broad SMARTS) is 1. The minimum Gasteiger partial charge on any atom is -0.478 e. The molecule has 2 N–H and O–H groups in total. The van der Waals surface area contributed by atoms with Crippen LogP contribution in [0, 0.1) is 5.92 Å². The van der Waals surface area contributed by atoms with Gasteiger partial charge in [-0.1, -0.05) is 0 Å². The van der Waals surface area contributed by atoms with Gasteiger partial charge in [-0.05, 0) is 43.9 Å². The Morgan fingerprint density at radius 1 is 1.43 bits per heavy atom. The molecule has 1 aromatic carbocycles. The Morgan fingerprint density at radius 3 is 2.90 bits per heavy atom. The minimum absolute atomic E-state index is 0.197. The third kappa shape index (κ3) is 3.00. The molecule has 2 aromatic rings. The number of rotatable bonds is 4. The molecule has 6 nitrogen and oxygen atoms in total. The zero-order valence-electron chi connectivity index (χ0n) is 11.8. The summed E-state index contributed by atoms with van der Waals surface area (Å²) in [6, 6.07) is 5.35. The van der Waals surface area contributed by atoms with E-state index in [1.165, 1.54) is 12.1 Å².